The zero-order valence-electron chi connectivity index (χ0n) is 9.56. The summed E-state index contributed by atoms with van der Waals surface area (Å²) < 4.78 is 11.7. The molecule has 1 aliphatic carbocycles. The van der Waals surface area contributed by atoms with Crippen molar-refractivity contribution in [1.82, 2.24) is 0 Å². The van der Waals surface area contributed by atoms with Gasteiger partial charge in [0.05, 0.1) is 12.2 Å². The molecule has 1 N–H and O–H groups in total. The van der Waals surface area contributed by atoms with Crippen LogP contribution >= 0.6 is 0 Å². The van der Waals surface area contributed by atoms with Gasteiger partial charge in [-0.1, -0.05) is 12.1 Å². The van der Waals surface area contributed by atoms with Crippen molar-refractivity contribution in [2.75, 3.05) is 0 Å². The van der Waals surface area contributed by atoms with E-state index in [2.05, 4.69) is 6.07 Å². The van der Waals surface area contributed by atoms with Crippen molar-refractivity contribution in [3.05, 3.63) is 29.3 Å². The van der Waals surface area contributed by atoms with E-state index in [1.807, 2.05) is 19.9 Å². The second kappa shape index (κ2) is 3.22. The SMILES string of the molecule is CC1(C)O[C@H]2Cc3c(O)cccc3C[C@H]2O1. The molecule has 0 aromatic heterocycles. The molecule has 1 aromatic rings. The molecule has 0 spiro atoms. The van der Waals surface area contributed by atoms with E-state index in [9.17, 15) is 5.11 Å². The summed E-state index contributed by atoms with van der Waals surface area (Å²) in [5.74, 6) is -0.114. The van der Waals surface area contributed by atoms with E-state index < -0.39 is 5.79 Å². The average molecular weight is 220 g/mol. The smallest absolute Gasteiger partial charge is 0.163 e. The largest absolute Gasteiger partial charge is 0.508 e. The molecule has 86 valence electrons. The Morgan fingerprint density at radius 2 is 1.88 bits per heavy atom. The molecule has 0 saturated carbocycles. The highest BCUT2D eigenvalue weighted by atomic mass is 16.7. The van der Waals surface area contributed by atoms with Crippen LogP contribution in [-0.2, 0) is 22.3 Å². The number of phenolic OH excluding ortho intramolecular Hbond substituents is 1. The molecule has 0 radical (unpaired) electrons. The Balaban J connectivity index is 1.94. The van der Waals surface area contributed by atoms with E-state index in [0.717, 1.165) is 18.4 Å². The summed E-state index contributed by atoms with van der Waals surface area (Å²) in [6.07, 6.45) is 1.79. The van der Waals surface area contributed by atoms with Gasteiger partial charge in [-0.3, -0.25) is 0 Å². The van der Waals surface area contributed by atoms with Crippen molar-refractivity contribution >= 4 is 0 Å². The van der Waals surface area contributed by atoms with Crippen molar-refractivity contribution in [1.29, 1.82) is 0 Å². The zero-order chi connectivity index (χ0) is 11.3. The number of benzene rings is 1. The predicted molar refractivity (Wildman–Crippen MR) is 59.3 cm³/mol. The number of rotatable bonds is 0. The Bertz CT molecular complexity index is 425. The van der Waals surface area contributed by atoms with Crippen LogP contribution in [0, 0.1) is 0 Å². The van der Waals surface area contributed by atoms with Gasteiger partial charge in [-0.05, 0) is 31.0 Å². The summed E-state index contributed by atoms with van der Waals surface area (Å²) in [5, 5.41) is 9.81. The number of aromatic hydroxyl groups is 1. The first-order valence-electron chi connectivity index (χ1n) is 5.70. The summed E-state index contributed by atoms with van der Waals surface area (Å²) >= 11 is 0. The molecule has 3 nitrogen and oxygen atoms in total. The van der Waals surface area contributed by atoms with Crippen LogP contribution in [0.25, 0.3) is 0 Å². The van der Waals surface area contributed by atoms with Gasteiger partial charge < -0.3 is 14.6 Å². The van der Waals surface area contributed by atoms with E-state index in [0.29, 0.717) is 5.75 Å². The van der Waals surface area contributed by atoms with Crippen LogP contribution in [0.3, 0.4) is 0 Å². The number of ether oxygens (including phenoxy) is 2. The fourth-order valence-corrected chi connectivity index (χ4v) is 2.72. The zero-order valence-corrected chi connectivity index (χ0v) is 9.56. The first-order valence-corrected chi connectivity index (χ1v) is 5.70. The minimum absolute atomic E-state index is 0.0794. The third kappa shape index (κ3) is 1.51. The molecule has 1 heterocycles. The second-order valence-electron chi connectivity index (χ2n) is 5.04. The maximum absolute atomic E-state index is 9.81. The highest BCUT2D eigenvalue weighted by Crippen LogP contribution is 2.38. The number of fused-ring (bicyclic) bond motifs is 2. The van der Waals surface area contributed by atoms with Crippen LogP contribution in [0.1, 0.15) is 25.0 Å². The third-order valence-electron chi connectivity index (χ3n) is 3.36. The Kier molecular flexibility index (Phi) is 2.03. The molecule has 3 heteroatoms. The lowest BCUT2D eigenvalue weighted by Crippen LogP contribution is -2.32. The van der Waals surface area contributed by atoms with Gasteiger partial charge in [-0.25, -0.2) is 0 Å². The molecule has 0 unspecified atom stereocenters. The number of phenols is 1. The van der Waals surface area contributed by atoms with Gasteiger partial charge in [0.25, 0.3) is 0 Å². The van der Waals surface area contributed by atoms with Crippen LogP contribution < -0.4 is 0 Å². The Labute approximate surface area is 95.0 Å². The van der Waals surface area contributed by atoms with Gasteiger partial charge in [0.1, 0.15) is 5.75 Å². The molecule has 2 aliphatic rings. The minimum Gasteiger partial charge on any atom is -0.508 e. The molecule has 1 fully saturated rings. The molecule has 3 rings (SSSR count). The maximum Gasteiger partial charge on any atom is 0.163 e. The van der Waals surface area contributed by atoms with Crippen molar-refractivity contribution < 1.29 is 14.6 Å². The summed E-state index contributed by atoms with van der Waals surface area (Å²) in [7, 11) is 0. The van der Waals surface area contributed by atoms with Gasteiger partial charge in [-0.15, -0.1) is 0 Å². The van der Waals surface area contributed by atoms with Crippen LogP contribution in [0.4, 0.5) is 0 Å². The highest BCUT2D eigenvalue weighted by Gasteiger charge is 2.44. The van der Waals surface area contributed by atoms with E-state index in [-0.39, 0.29) is 12.2 Å². The van der Waals surface area contributed by atoms with Gasteiger partial charge in [0, 0.05) is 12.8 Å². The van der Waals surface area contributed by atoms with E-state index in [4.69, 9.17) is 9.47 Å². The Hall–Kier alpha value is -1.06. The standard InChI is InChI=1S/C13H16O3/c1-13(2)15-11-6-8-4-3-5-10(14)9(8)7-12(11)16-13/h3-5,11-12,14H,6-7H2,1-2H3/t11-,12+/m1/s1. The van der Waals surface area contributed by atoms with Crippen molar-refractivity contribution in [2.45, 2.75) is 44.7 Å². The lowest BCUT2D eigenvalue weighted by molar-refractivity contribution is -0.145. The first-order chi connectivity index (χ1) is 7.55. The molecule has 0 amide bonds. The molecule has 1 aromatic carbocycles. The van der Waals surface area contributed by atoms with Gasteiger partial charge in [-0.2, -0.15) is 0 Å². The van der Waals surface area contributed by atoms with E-state index in [1.54, 1.807) is 6.07 Å². The highest BCUT2D eigenvalue weighted by molar-refractivity contribution is 5.42. The van der Waals surface area contributed by atoms with Crippen LogP contribution in [0.15, 0.2) is 18.2 Å². The fourth-order valence-electron chi connectivity index (χ4n) is 2.72. The summed E-state index contributed by atoms with van der Waals surface area (Å²) in [6.45, 7) is 3.88. The lowest BCUT2D eigenvalue weighted by atomic mass is 9.87. The average Bonchev–Trinajstić information content (AvgIpc) is 2.48. The van der Waals surface area contributed by atoms with Crippen molar-refractivity contribution in [3.63, 3.8) is 0 Å². The summed E-state index contributed by atoms with van der Waals surface area (Å²) in [4.78, 5) is 0. The monoisotopic (exact) mass is 220 g/mol. The number of hydrogen-bond acceptors (Lipinski definition) is 3. The Morgan fingerprint density at radius 3 is 2.62 bits per heavy atom. The quantitative estimate of drug-likeness (QED) is 0.727. The Morgan fingerprint density at radius 1 is 1.19 bits per heavy atom. The minimum atomic E-state index is -0.493. The molecular weight excluding hydrogens is 204 g/mol. The predicted octanol–water partition coefficient (Wildman–Crippen LogP) is 2.01. The molecular formula is C13H16O3. The van der Waals surface area contributed by atoms with Crippen molar-refractivity contribution in [3.8, 4) is 5.75 Å². The normalized spacial score (nSPS) is 30.9. The molecule has 1 saturated heterocycles. The maximum atomic E-state index is 9.81. The molecule has 2 atom stereocenters. The summed E-state index contributed by atoms with van der Waals surface area (Å²) in [5.41, 5.74) is 2.20. The molecule has 16 heavy (non-hydrogen) atoms. The van der Waals surface area contributed by atoms with E-state index in [1.165, 1.54) is 5.56 Å². The van der Waals surface area contributed by atoms with E-state index >= 15 is 0 Å². The topological polar surface area (TPSA) is 38.7 Å². The van der Waals surface area contributed by atoms with Gasteiger partial charge in [0.2, 0.25) is 0 Å². The lowest BCUT2D eigenvalue weighted by Gasteiger charge is -2.25. The second-order valence-corrected chi connectivity index (χ2v) is 5.04. The molecule has 1 aliphatic heterocycles. The molecule has 0 bridgehead atoms. The van der Waals surface area contributed by atoms with Crippen LogP contribution in [0.2, 0.25) is 0 Å². The summed E-state index contributed by atoms with van der Waals surface area (Å²) in [6, 6.07) is 5.68. The van der Waals surface area contributed by atoms with Crippen molar-refractivity contribution in [2.24, 2.45) is 0 Å². The number of hydrogen-bond donors (Lipinski definition) is 1. The third-order valence-corrected chi connectivity index (χ3v) is 3.36. The van der Waals surface area contributed by atoms with Gasteiger partial charge in [0.15, 0.2) is 5.79 Å². The van der Waals surface area contributed by atoms with Crippen LogP contribution in [-0.4, -0.2) is 23.1 Å². The van der Waals surface area contributed by atoms with Gasteiger partial charge >= 0.3 is 0 Å². The fraction of sp³-hybridized carbons (Fsp3) is 0.538. The van der Waals surface area contributed by atoms with Crippen LogP contribution in [0.5, 0.6) is 5.75 Å². The first kappa shape index (κ1) is 10.1.